The SMILES string of the molecule is CC(C)=C(F)CNC(=O)[C@@H]1C[C@H]2C[C@H]2N1C(=O)CNc1cnccc1C(=N)C(N)=O. The fourth-order valence-electron chi connectivity index (χ4n) is 3.66. The second-order valence-corrected chi connectivity index (χ2v) is 7.75. The van der Waals surface area contributed by atoms with E-state index in [9.17, 15) is 18.8 Å². The van der Waals surface area contributed by atoms with Gasteiger partial charge >= 0.3 is 0 Å². The molecule has 1 aliphatic heterocycles. The fourth-order valence-corrected chi connectivity index (χ4v) is 3.66. The van der Waals surface area contributed by atoms with Crippen LogP contribution in [0.15, 0.2) is 29.9 Å². The summed E-state index contributed by atoms with van der Waals surface area (Å²) in [5.41, 5.74) is 5.84. The molecule has 0 bridgehead atoms. The van der Waals surface area contributed by atoms with Crippen molar-refractivity contribution in [2.45, 2.75) is 38.8 Å². The number of primary amides is 1. The number of nitrogens with two attached hydrogens (primary N) is 1. The number of pyridine rings is 1. The Morgan fingerprint density at radius 1 is 1.30 bits per heavy atom. The number of piperidine rings is 1. The van der Waals surface area contributed by atoms with Crippen molar-refractivity contribution in [2.75, 3.05) is 18.4 Å². The number of hydrogen-bond donors (Lipinski definition) is 4. The highest BCUT2D eigenvalue weighted by molar-refractivity contribution is 6.44. The molecule has 0 spiro atoms. The molecule has 1 aromatic rings. The average molecular weight is 416 g/mol. The minimum atomic E-state index is -0.892. The molecule has 2 heterocycles. The molecule has 1 saturated carbocycles. The van der Waals surface area contributed by atoms with E-state index in [0.29, 0.717) is 17.7 Å². The van der Waals surface area contributed by atoms with Crippen LogP contribution in [0.3, 0.4) is 0 Å². The first kappa shape index (κ1) is 21.4. The lowest BCUT2D eigenvalue weighted by molar-refractivity contribution is -0.138. The smallest absolute Gasteiger partial charge is 0.267 e. The van der Waals surface area contributed by atoms with Gasteiger partial charge in [-0.2, -0.15) is 0 Å². The van der Waals surface area contributed by atoms with Crippen LogP contribution in [-0.2, 0) is 14.4 Å². The van der Waals surface area contributed by atoms with Gasteiger partial charge in [-0.05, 0) is 44.2 Å². The van der Waals surface area contributed by atoms with Gasteiger partial charge in [0.25, 0.3) is 5.91 Å². The van der Waals surface area contributed by atoms with Crippen molar-refractivity contribution in [3.63, 3.8) is 0 Å². The van der Waals surface area contributed by atoms with Crippen molar-refractivity contribution in [1.29, 1.82) is 5.41 Å². The van der Waals surface area contributed by atoms with Crippen LogP contribution in [0.5, 0.6) is 0 Å². The summed E-state index contributed by atoms with van der Waals surface area (Å²) in [5.74, 6) is -1.66. The zero-order valence-corrected chi connectivity index (χ0v) is 16.9. The molecule has 0 unspecified atom stereocenters. The number of allylic oxidation sites excluding steroid dienone is 1. The number of rotatable bonds is 8. The molecule has 5 N–H and O–H groups in total. The highest BCUT2D eigenvalue weighted by atomic mass is 19.1. The summed E-state index contributed by atoms with van der Waals surface area (Å²) in [4.78, 5) is 42.2. The molecule has 1 aliphatic carbocycles. The van der Waals surface area contributed by atoms with Gasteiger partial charge in [-0.15, -0.1) is 0 Å². The maximum Gasteiger partial charge on any atom is 0.267 e. The fraction of sp³-hybridized carbons (Fsp3) is 0.450. The number of hydrogen-bond acceptors (Lipinski definition) is 6. The van der Waals surface area contributed by atoms with Crippen molar-refractivity contribution in [1.82, 2.24) is 15.2 Å². The third kappa shape index (κ3) is 4.47. The van der Waals surface area contributed by atoms with Crippen molar-refractivity contribution in [3.05, 3.63) is 35.4 Å². The number of nitrogens with one attached hydrogen (secondary N) is 3. The van der Waals surface area contributed by atoms with Crippen molar-refractivity contribution >= 4 is 29.1 Å². The van der Waals surface area contributed by atoms with Crippen LogP contribution >= 0.6 is 0 Å². The first-order valence-electron chi connectivity index (χ1n) is 9.68. The van der Waals surface area contributed by atoms with E-state index in [1.807, 2.05) is 0 Å². The van der Waals surface area contributed by atoms with E-state index < -0.39 is 23.5 Å². The normalized spacial score (nSPS) is 21.4. The van der Waals surface area contributed by atoms with Gasteiger partial charge < -0.3 is 21.3 Å². The number of anilines is 1. The van der Waals surface area contributed by atoms with Gasteiger partial charge in [0.2, 0.25) is 11.8 Å². The number of fused-ring (bicyclic) bond motifs is 1. The summed E-state index contributed by atoms with van der Waals surface area (Å²) in [6.45, 7) is 2.92. The Labute approximate surface area is 173 Å². The maximum absolute atomic E-state index is 13.7. The molecule has 160 valence electrons. The van der Waals surface area contributed by atoms with Crippen LogP contribution in [0.25, 0.3) is 0 Å². The van der Waals surface area contributed by atoms with E-state index in [0.717, 1.165) is 6.42 Å². The summed E-state index contributed by atoms with van der Waals surface area (Å²) in [5, 5.41) is 13.2. The Balaban J connectivity index is 1.65. The number of halogens is 1. The van der Waals surface area contributed by atoms with Crippen molar-refractivity contribution in [3.8, 4) is 0 Å². The largest absolute Gasteiger partial charge is 0.374 e. The Kier molecular flexibility index (Phi) is 6.14. The van der Waals surface area contributed by atoms with Crippen LogP contribution in [0.1, 0.15) is 32.3 Å². The number of aromatic nitrogens is 1. The van der Waals surface area contributed by atoms with E-state index in [1.165, 1.54) is 18.5 Å². The lowest BCUT2D eigenvalue weighted by Gasteiger charge is -2.27. The average Bonchev–Trinajstić information content (AvgIpc) is 3.38. The zero-order valence-electron chi connectivity index (χ0n) is 16.9. The number of carbonyl (C=O) groups excluding carboxylic acids is 3. The summed E-state index contributed by atoms with van der Waals surface area (Å²) in [6.07, 6.45) is 4.23. The molecule has 9 nitrogen and oxygen atoms in total. The van der Waals surface area contributed by atoms with Gasteiger partial charge in [0, 0.05) is 17.8 Å². The molecule has 1 aromatic heterocycles. The molecule has 3 rings (SSSR count). The van der Waals surface area contributed by atoms with Gasteiger partial charge in [0.15, 0.2) is 0 Å². The number of nitrogens with zero attached hydrogens (tertiary/aromatic N) is 2. The van der Waals surface area contributed by atoms with Crippen molar-refractivity contribution in [2.24, 2.45) is 11.7 Å². The van der Waals surface area contributed by atoms with E-state index in [-0.39, 0.29) is 42.4 Å². The summed E-state index contributed by atoms with van der Waals surface area (Å²) in [7, 11) is 0. The highest BCUT2D eigenvalue weighted by Crippen LogP contribution is 2.47. The van der Waals surface area contributed by atoms with Crippen LogP contribution in [0.2, 0.25) is 0 Å². The van der Waals surface area contributed by atoms with Crippen LogP contribution in [0, 0.1) is 11.3 Å². The molecule has 2 aliphatic rings. The van der Waals surface area contributed by atoms with Gasteiger partial charge in [-0.3, -0.25) is 24.8 Å². The van der Waals surface area contributed by atoms with Crippen LogP contribution in [-0.4, -0.2) is 58.5 Å². The monoisotopic (exact) mass is 416 g/mol. The number of likely N-dealkylation sites (tertiary alicyclic amines) is 1. The zero-order chi connectivity index (χ0) is 22.0. The Morgan fingerprint density at radius 2 is 2.03 bits per heavy atom. The van der Waals surface area contributed by atoms with E-state index in [1.54, 1.807) is 18.7 Å². The van der Waals surface area contributed by atoms with E-state index in [4.69, 9.17) is 11.1 Å². The topological polar surface area (TPSA) is 141 Å². The first-order chi connectivity index (χ1) is 14.2. The highest BCUT2D eigenvalue weighted by Gasteiger charge is 2.55. The molecular formula is C20H25FN6O3. The summed E-state index contributed by atoms with van der Waals surface area (Å²) in [6, 6.07) is 0.840. The molecule has 0 aromatic carbocycles. The van der Waals surface area contributed by atoms with Gasteiger partial charge in [-0.1, -0.05) is 0 Å². The maximum atomic E-state index is 13.7. The molecular weight excluding hydrogens is 391 g/mol. The quantitative estimate of drug-likeness (QED) is 0.462. The second-order valence-electron chi connectivity index (χ2n) is 7.75. The third-order valence-electron chi connectivity index (χ3n) is 5.42. The molecule has 3 atom stereocenters. The number of carbonyl (C=O) groups is 3. The molecule has 3 amide bonds. The Bertz CT molecular complexity index is 927. The standard InChI is InChI=1S/C20H25FN6O3/c1-10(2)13(21)7-26-20(30)16-6-11-5-15(11)27(16)17(28)9-25-14-8-24-4-3-12(14)18(22)19(23)29/h3-4,8,11,15-16,22,25H,5-7,9H2,1-2H3,(H2,23,29)(H,26,30)/t11-,15-,16+/m1/s1. The molecule has 0 radical (unpaired) electrons. The minimum absolute atomic E-state index is 0.0145. The second kappa shape index (κ2) is 8.60. The predicted molar refractivity (Wildman–Crippen MR) is 108 cm³/mol. The van der Waals surface area contributed by atoms with Gasteiger partial charge in [0.05, 0.1) is 25.0 Å². The predicted octanol–water partition coefficient (Wildman–Crippen LogP) is 0.716. The van der Waals surface area contributed by atoms with Crippen LogP contribution in [0.4, 0.5) is 10.1 Å². The molecule has 10 heteroatoms. The lowest BCUT2D eigenvalue weighted by Crippen LogP contribution is -2.49. The Morgan fingerprint density at radius 3 is 2.70 bits per heavy atom. The number of amides is 3. The summed E-state index contributed by atoms with van der Waals surface area (Å²) < 4.78 is 13.7. The van der Waals surface area contributed by atoms with Crippen LogP contribution < -0.4 is 16.4 Å². The molecule has 2 fully saturated rings. The van der Waals surface area contributed by atoms with E-state index >= 15 is 0 Å². The lowest BCUT2D eigenvalue weighted by atomic mass is 10.1. The van der Waals surface area contributed by atoms with Gasteiger partial charge in [0.1, 0.15) is 17.6 Å². The molecule has 30 heavy (non-hydrogen) atoms. The Hall–Kier alpha value is -3.30. The first-order valence-corrected chi connectivity index (χ1v) is 9.68. The minimum Gasteiger partial charge on any atom is -0.374 e. The van der Waals surface area contributed by atoms with E-state index in [2.05, 4.69) is 15.6 Å². The molecule has 1 saturated heterocycles. The van der Waals surface area contributed by atoms with Crippen molar-refractivity contribution < 1.29 is 18.8 Å². The summed E-state index contributed by atoms with van der Waals surface area (Å²) >= 11 is 0. The third-order valence-corrected chi connectivity index (χ3v) is 5.42. The van der Waals surface area contributed by atoms with Gasteiger partial charge in [-0.25, -0.2) is 4.39 Å².